The molecule has 13 heavy (non-hydrogen) atoms. The van der Waals surface area contributed by atoms with E-state index in [2.05, 4.69) is 56.8 Å². The van der Waals surface area contributed by atoms with Crippen LogP contribution in [0.2, 0.25) is 0 Å². The summed E-state index contributed by atoms with van der Waals surface area (Å²) in [6.45, 7) is 4.40. The minimum absolute atomic E-state index is 0.190. The Bertz CT molecular complexity index is 239. The maximum atomic E-state index is 4.62. The first-order valence-corrected chi connectivity index (χ1v) is 5.35. The van der Waals surface area contributed by atoms with Gasteiger partial charge < -0.3 is 0 Å². The molecule has 1 rings (SSSR count). The van der Waals surface area contributed by atoms with Crippen molar-refractivity contribution in [1.29, 1.82) is 0 Å². The topological polar surface area (TPSA) is 0 Å². The summed E-state index contributed by atoms with van der Waals surface area (Å²) in [5.41, 5.74) is 1.41. The molecular formula is C12H18S. The van der Waals surface area contributed by atoms with E-state index in [9.17, 15) is 0 Å². The molecule has 0 N–H and O–H groups in total. The summed E-state index contributed by atoms with van der Waals surface area (Å²) in [4.78, 5) is 0. The second-order valence-electron chi connectivity index (χ2n) is 3.84. The zero-order chi connectivity index (χ0) is 9.73. The summed E-state index contributed by atoms with van der Waals surface area (Å²) in [5.74, 6) is 0. The fourth-order valence-electron chi connectivity index (χ4n) is 1.24. The smallest absolute Gasteiger partial charge is 0.0102 e. The van der Waals surface area contributed by atoms with Gasteiger partial charge in [0.25, 0.3) is 0 Å². The zero-order valence-corrected chi connectivity index (χ0v) is 9.35. The number of hydrogen-bond donors (Lipinski definition) is 1. The highest BCUT2D eigenvalue weighted by Crippen LogP contribution is 2.24. The minimum Gasteiger partial charge on any atom is -0.173 e. The fraction of sp³-hybridized carbons (Fsp3) is 0.500. The molecule has 0 spiro atoms. The van der Waals surface area contributed by atoms with Crippen LogP contribution in [0.4, 0.5) is 0 Å². The fourth-order valence-corrected chi connectivity index (χ4v) is 1.35. The normalized spacial score (nSPS) is 15.3. The van der Waals surface area contributed by atoms with E-state index in [-0.39, 0.29) is 4.75 Å². The van der Waals surface area contributed by atoms with Gasteiger partial charge in [0.2, 0.25) is 0 Å². The first-order chi connectivity index (χ1) is 6.14. The van der Waals surface area contributed by atoms with Gasteiger partial charge in [-0.2, -0.15) is 12.6 Å². The van der Waals surface area contributed by atoms with Crippen molar-refractivity contribution in [3.63, 3.8) is 0 Å². The van der Waals surface area contributed by atoms with Crippen LogP contribution in [0.3, 0.4) is 0 Å². The Hall–Kier alpha value is -0.430. The van der Waals surface area contributed by atoms with Crippen LogP contribution in [0, 0.1) is 0 Å². The highest BCUT2D eigenvalue weighted by Gasteiger charge is 2.15. The van der Waals surface area contributed by atoms with Crippen molar-refractivity contribution >= 4 is 12.6 Å². The molecule has 0 aromatic heterocycles. The third-order valence-electron chi connectivity index (χ3n) is 2.56. The lowest BCUT2D eigenvalue weighted by atomic mass is 9.98. The van der Waals surface area contributed by atoms with Gasteiger partial charge in [0, 0.05) is 4.75 Å². The number of aryl methyl sites for hydroxylation is 1. The van der Waals surface area contributed by atoms with Crippen molar-refractivity contribution in [1.82, 2.24) is 0 Å². The van der Waals surface area contributed by atoms with Crippen LogP contribution in [0.15, 0.2) is 30.3 Å². The predicted molar refractivity (Wildman–Crippen MR) is 62.4 cm³/mol. The molecule has 0 nitrogen and oxygen atoms in total. The molecule has 0 amide bonds. The zero-order valence-electron chi connectivity index (χ0n) is 8.46. The van der Waals surface area contributed by atoms with Crippen LogP contribution < -0.4 is 0 Å². The Morgan fingerprint density at radius 1 is 1.23 bits per heavy atom. The Kier molecular flexibility index (Phi) is 3.86. The molecule has 1 atom stereocenters. The molecule has 0 aliphatic carbocycles. The molecule has 0 saturated heterocycles. The van der Waals surface area contributed by atoms with Crippen LogP contribution in [-0.2, 0) is 6.42 Å². The van der Waals surface area contributed by atoms with Crippen molar-refractivity contribution in [3.05, 3.63) is 35.9 Å². The largest absolute Gasteiger partial charge is 0.173 e. The minimum atomic E-state index is 0.190. The molecule has 72 valence electrons. The molecule has 1 aromatic carbocycles. The third-order valence-corrected chi connectivity index (χ3v) is 3.10. The van der Waals surface area contributed by atoms with Gasteiger partial charge in [-0.25, -0.2) is 0 Å². The Morgan fingerprint density at radius 2 is 1.85 bits per heavy atom. The van der Waals surface area contributed by atoms with Crippen molar-refractivity contribution in [2.45, 2.75) is 37.9 Å². The van der Waals surface area contributed by atoms with Crippen LogP contribution in [0.25, 0.3) is 0 Å². The van der Waals surface area contributed by atoms with Gasteiger partial charge in [0.05, 0.1) is 0 Å². The van der Waals surface area contributed by atoms with Gasteiger partial charge in [-0.15, -0.1) is 0 Å². The molecule has 0 saturated carbocycles. The van der Waals surface area contributed by atoms with Gasteiger partial charge in [-0.3, -0.25) is 0 Å². The van der Waals surface area contributed by atoms with Crippen LogP contribution in [-0.4, -0.2) is 4.75 Å². The van der Waals surface area contributed by atoms with E-state index < -0.39 is 0 Å². The molecule has 0 aliphatic heterocycles. The SMILES string of the molecule is CCC(C)(S)CCc1ccccc1. The summed E-state index contributed by atoms with van der Waals surface area (Å²) in [6, 6.07) is 10.6. The molecule has 1 aromatic rings. The molecule has 0 aliphatic rings. The highest BCUT2D eigenvalue weighted by atomic mass is 32.1. The van der Waals surface area contributed by atoms with E-state index in [1.165, 1.54) is 5.56 Å². The maximum Gasteiger partial charge on any atom is 0.0102 e. The number of benzene rings is 1. The van der Waals surface area contributed by atoms with Crippen LogP contribution >= 0.6 is 12.6 Å². The van der Waals surface area contributed by atoms with Crippen molar-refractivity contribution in [2.75, 3.05) is 0 Å². The summed E-state index contributed by atoms with van der Waals surface area (Å²) in [5, 5.41) is 0. The van der Waals surface area contributed by atoms with Gasteiger partial charge in [-0.1, -0.05) is 44.2 Å². The van der Waals surface area contributed by atoms with E-state index in [0.29, 0.717) is 0 Å². The van der Waals surface area contributed by atoms with Gasteiger partial charge in [0.1, 0.15) is 0 Å². The van der Waals surface area contributed by atoms with E-state index >= 15 is 0 Å². The first-order valence-electron chi connectivity index (χ1n) is 4.90. The molecule has 0 heterocycles. The molecule has 1 heteroatoms. The Balaban J connectivity index is 2.44. The number of thiol groups is 1. The standard InChI is InChI=1S/C12H18S/c1-3-12(2,13)10-9-11-7-5-4-6-8-11/h4-8,13H,3,9-10H2,1-2H3. The lowest BCUT2D eigenvalue weighted by Crippen LogP contribution is -2.15. The lowest BCUT2D eigenvalue weighted by molar-refractivity contribution is 0.573. The average Bonchev–Trinajstić information content (AvgIpc) is 2.17. The van der Waals surface area contributed by atoms with Crippen LogP contribution in [0.1, 0.15) is 32.3 Å². The van der Waals surface area contributed by atoms with Gasteiger partial charge >= 0.3 is 0 Å². The van der Waals surface area contributed by atoms with Crippen molar-refractivity contribution in [3.8, 4) is 0 Å². The van der Waals surface area contributed by atoms with E-state index in [0.717, 1.165) is 19.3 Å². The van der Waals surface area contributed by atoms with E-state index in [1.807, 2.05) is 0 Å². The van der Waals surface area contributed by atoms with Crippen LogP contribution in [0.5, 0.6) is 0 Å². The summed E-state index contributed by atoms with van der Waals surface area (Å²) >= 11 is 4.62. The highest BCUT2D eigenvalue weighted by molar-refractivity contribution is 7.81. The molecule has 0 fully saturated rings. The van der Waals surface area contributed by atoms with Crippen molar-refractivity contribution < 1.29 is 0 Å². The average molecular weight is 194 g/mol. The predicted octanol–water partition coefficient (Wildman–Crippen LogP) is 3.72. The third kappa shape index (κ3) is 3.86. The first kappa shape index (κ1) is 10.6. The Morgan fingerprint density at radius 3 is 2.38 bits per heavy atom. The summed E-state index contributed by atoms with van der Waals surface area (Å²) in [6.07, 6.45) is 3.41. The molecule has 0 bridgehead atoms. The number of rotatable bonds is 4. The maximum absolute atomic E-state index is 4.62. The van der Waals surface area contributed by atoms with E-state index in [1.54, 1.807) is 0 Å². The van der Waals surface area contributed by atoms with Gasteiger partial charge in [0.15, 0.2) is 0 Å². The second kappa shape index (κ2) is 4.71. The number of hydrogen-bond acceptors (Lipinski definition) is 1. The summed E-state index contributed by atoms with van der Waals surface area (Å²) < 4.78 is 0.190. The van der Waals surface area contributed by atoms with E-state index in [4.69, 9.17) is 0 Å². The van der Waals surface area contributed by atoms with Crippen molar-refractivity contribution in [2.24, 2.45) is 0 Å². The molecule has 0 radical (unpaired) electrons. The second-order valence-corrected chi connectivity index (χ2v) is 4.92. The quantitative estimate of drug-likeness (QED) is 0.694. The van der Waals surface area contributed by atoms with Gasteiger partial charge in [-0.05, 0) is 24.8 Å². The Labute approximate surface area is 86.8 Å². The summed E-state index contributed by atoms with van der Waals surface area (Å²) in [7, 11) is 0. The molecule has 1 unspecified atom stereocenters. The monoisotopic (exact) mass is 194 g/mol. The molecular weight excluding hydrogens is 176 g/mol. The lowest BCUT2D eigenvalue weighted by Gasteiger charge is -2.21.